The van der Waals surface area contributed by atoms with Crippen LogP contribution in [0, 0.1) is 11.8 Å². The summed E-state index contributed by atoms with van der Waals surface area (Å²) >= 11 is 0. The van der Waals surface area contributed by atoms with Gasteiger partial charge in [-0.3, -0.25) is 9.59 Å². The minimum absolute atomic E-state index is 0.189. The first-order chi connectivity index (χ1) is 13.5. The number of nitrogens with one attached hydrogen (secondary N) is 1. The fourth-order valence-corrected chi connectivity index (χ4v) is 4.44. The van der Waals surface area contributed by atoms with E-state index < -0.39 is 0 Å². The first kappa shape index (κ1) is 20.6. The summed E-state index contributed by atoms with van der Waals surface area (Å²) in [6, 6.07) is 8.15. The van der Waals surface area contributed by atoms with E-state index in [0.29, 0.717) is 30.7 Å². The molecule has 1 aromatic rings. The third-order valence-corrected chi connectivity index (χ3v) is 6.08. The molecule has 2 heterocycles. The molecule has 28 heavy (non-hydrogen) atoms. The lowest BCUT2D eigenvalue weighted by Crippen LogP contribution is -2.57. The van der Waals surface area contributed by atoms with E-state index in [0.717, 1.165) is 43.8 Å². The normalized spacial score (nSPS) is 24.0. The largest absolute Gasteiger partial charge is 0.497 e. The summed E-state index contributed by atoms with van der Waals surface area (Å²) < 4.78 is 5.19. The van der Waals surface area contributed by atoms with Gasteiger partial charge in [-0.2, -0.15) is 0 Å². The third-order valence-electron chi connectivity index (χ3n) is 6.08. The van der Waals surface area contributed by atoms with Crippen LogP contribution in [0.25, 0.3) is 0 Å². The van der Waals surface area contributed by atoms with E-state index in [4.69, 9.17) is 4.74 Å². The minimum Gasteiger partial charge on any atom is -0.497 e. The zero-order chi connectivity index (χ0) is 20.1. The van der Waals surface area contributed by atoms with E-state index in [2.05, 4.69) is 10.2 Å². The van der Waals surface area contributed by atoms with Crippen LogP contribution in [0.4, 0.5) is 0 Å². The molecule has 6 nitrogen and oxygen atoms in total. The van der Waals surface area contributed by atoms with Gasteiger partial charge in [0.15, 0.2) is 0 Å². The van der Waals surface area contributed by atoms with E-state index in [1.54, 1.807) is 26.1 Å². The zero-order valence-corrected chi connectivity index (χ0v) is 17.3. The van der Waals surface area contributed by atoms with Gasteiger partial charge in [-0.1, -0.05) is 12.1 Å². The number of methoxy groups -OCH3 is 1. The van der Waals surface area contributed by atoms with Crippen molar-refractivity contribution in [3.63, 3.8) is 0 Å². The van der Waals surface area contributed by atoms with Crippen molar-refractivity contribution in [2.45, 2.75) is 38.1 Å². The minimum atomic E-state index is 0.189. The molecular formula is C22H33N3O3. The van der Waals surface area contributed by atoms with Crippen molar-refractivity contribution < 1.29 is 14.3 Å². The molecule has 0 aromatic heterocycles. The smallest absolute Gasteiger partial charge is 0.227 e. The molecule has 6 heteroatoms. The number of fused-ring (bicyclic) bond motifs is 2. The summed E-state index contributed by atoms with van der Waals surface area (Å²) in [5.41, 5.74) is 1.03. The van der Waals surface area contributed by atoms with Crippen LogP contribution < -0.4 is 10.1 Å². The van der Waals surface area contributed by atoms with Crippen LogP contribution >= 0.6 is 0 Å². The van der Waals surface area contributed by atoms with Crippen molar-refractivity contribution in [1.82, 2.24) is 15.1 Å². The summed E-state index contributed by atoms with van der Waals surface area (Å²) in [4.78, 5) is 28.4. The molecule has 2 aliphatic heterocycles. The maximum Gasteiger partial charge on any atom is 0.227 e. The molecule has 1 aromatic carbocycles. The third kappa shape index (κ3) is 5.25. The average molecular weight is 388 g/mol. The number of ether oxygens (including phenoxy) is 1. The molecule has 3 atom stereocenters. The van der Waals surface area contributed by atoms with Gasteiger partial charge in [0, 0.05) is 39.6 Å². The fourth-order valence-electron chi connectivity index (χ4n) is 4.44. The quantitative estimate of drug-likeness (QED) is 0.777. The predicted octanol–water partition coefficient (Wildman–Crippen LogP) is 1.93. The maximum absolute atomic E-state index is 12.9. The van der Waals surface area contributed by atoms with Gasteiger partial charge in [-0.15, -0.1) is 0 Å². The van der Waals surface area contributed by atoms with Crippen molar-refractivity contribution in [2.75, 3.05) is 40.8 Å². The number of carbonyl (C=O) groups is 2. The van der Waals surface area contributed by atoms with Gasteiger partial charge in [0.05, 0.1) is 13.5 Å². The number of hydrogen-bond acceptors (Lipinski definition) is 4. The Kier molecular flexibility index (Phi) is 6.94. The molecule has 154 valence electrons. The molecule has 2 saturated heterocycles. The van der Waals surface area contributed by atoms with E-state index >= 15 is 0 Å². The topological polar surface area (TPSA) is 61.9 Å². The summed E-state index contributed by atoms with van der Waals surface area (Å²) in [7, 11) is 5.26. The van der Waals surface area contributed by atoms with Gasteiger partial charge in [0.1, 0.15) is 5.75 Å². The van der Waals surface area contributed by atoms with E-state index in [-0.39, 0.29) is 11.8 Å². The number of likely N-dealkylation sites (tertiary alicyclic amines) is 1. The highest BCUT2D eigenvalue weighted by Crippen LogP contribution is 2.30. The summed E-state index contributed by atoms with van der Waals surface area (Å²) in [6.07, 6.45) is 4.12. The highest BCUT2D eigenvalue weighted by molar-refractivity contribution is 5.79. The molecule has 2 amide bonds. The van der Waals surface area contributed by atoms with Crippen molar-refractivity contribution in [1.29, 1.82) is 0 Å². The van der Waals surface area contributed by atoms with Crippen LogP contribution in [0.3, 0.4) is 0 Å². The van der Waals surface area contributed by atoms with Crippen LogP contribution in [0.15, 0.2) is 24.3 Å². The number of hydrogen-bond donors (Lipinski definition) is 1. The number of carbonyl (C=O) groups excluding carboxylic acids is 2. The lowest BCUT2D eigenvalue weighted by molar-refractivity contribution is -0.134. The van der Waals surface area contributed by atoms with Gasteiger partial charge in [0.2, 0.25) is 11.8 Å². The Bertz CT molecular complexity index is 674. The van der Waals surface area contributed by atoms with Crippen molar-refractivity contribution >= 4 is 11.8 Å². The number of nitrogens with zero attached hydrogens (tertiary/aromatic N) is 2. The van der Waals surface area contributed by atoms with Gasteiger partial charge in [0.25, 0.3) is 0 Å². The Morgan fingerprint density at radius 3 is 2.64 bits per heavy atom. The van der Waals surface area contributed by atoms with Crippen molar-refractivity contribution in [3.8, 4) is 5.75 Å². The maximum atomic E-state index is 12.9. The highest BCUT2D eigenvalue weighted by atomic mass is 16.5. The standard InChI is InChI=1S/C22H33N3O3/c1-24(2)21(26)6-4-5-20-18-11-17(13-23-20)14-25(15-18)22(27)12-16-7-9-19(28-3)10-8-16/h7-10,17-18,20,23H,4-6,11-15H2,1-3H3. The molecule has 2 fully saturated rings. The number of amides is 2. The number of rotatable bonds is 7. The molecule has 1 N–H and O–H groups in total. The van der Waals surface area contributed by atoms with E-state index in [1.807, 2.05) is 24.3 Å². The van der Waals surface area contributed by atoms with Gasteiger partial charge < -0.3 is 19.9 Å². The molecule has 3 unspecified atom stereocenters. The Labute approximate surface area is 168 Å². The second-order valence-corrected chi connectivity index (χ2v) is 8.38. The molecular weight excluding hydrogens is 354 g/mol. The van der Waals surface area contributed by atoms with E-state index in [9.17, 15) is 9.59 Å². The molecule has 0 aliphatic carbocycles. The summed E-state index contributed by atoms with van der Waals surface area (Å²) in [6.45, 7) is 2.64. The first-order valence-electron chi connectivity index (χ1n) is 10.3. The molecule has 0 radical (unpaired) electrons. The van der Waals surface area contributed by atoms with Crippen LogP contribution in [0.1, 0.15) is 31.2 Å². The van der Waals surface area contributed by atoms with Crippen LogP contribution in [0.5, 0.6) is 5.75 Å². The van der Waals surface area contributed by atoms with Crippen LogP contribution in [-0.4, -0.2) is 68.5 Å². The Hall–Kier alpha value is -2.08. The van der Waals surface area contributed by atoms with Crippen molar-refractivity contribution in [2.24, 2.45) is 11.8 Å². The van der Waals surface area contributed by atoms with Gasteiger partial charge >= 0.3 is 0 Å². The molecule has 2 bridgehead atoms. The predicted molar refractivity (Wildman–Crippen MR) is 109 cm³/mol. The first-order valence-corrected chi connectivity index (χ1v) is 10.3. The number of piperidine rings is 2. The Balaban J connectivity index is 1.52. The van der Waals surface area contributed by atoms with Gasteiger partial charge in [-0.05, 0) is 55.3 Å². The lowest BCUT2D eigenvalue weighted by atomic mass is 9.79. The van der Waals surface area contributed by atoms with Crippen molar-refractivity contribution in [3.05, 3.63) is 29.8 Å². The SMILES string of the molecule is COc1ccc(CC(=O)N2CC3CNC(CCCC(=O)N(C)C)C(C3)C2)cc1. The lowest BCUT2D eigenvalue weighted by Gasteiger charge is -2.46. The molecule has 3 rings (SSSR count). The molecule has 2 aliphatic rings. The Morgan fingerprint density at radius 2 is 1.96 bits per heavy atom. The number of benzene rings is 1. The second kappa shape index (κ2) is 9.41. The van der Waals surface area contributed by atoms with Crippen LogP contribution in [-0.2, 0) is 16.0 Å². The molecule has 0 saturated carbocycles. The van der Waals surface area contributed by atoms with Gasteiger partial charge in [-0.25, -0.2) is 0 Å². The second-order valence-electron chi connectivity index (χ2n) is 8.38. The van der Waals surface area contributed by atoms with E-state index in [1.165, 1.54) is 6.42 Å². The molecule has 0 spiro atoms. The highest BCUT2D eigenvalue weighted by Gasteiger charge is 2.37. The van der Waals surface area contributed by atoms with Crippen LogP contribution in [0.2, 0.25) is 0 Å². The monoisotopic (exact) mass is 387 g/mol. The fraction of sp³-hybridized carbons (Fsp3) is 0.636. The average Bonchev–Trinajstić information content (AvgIpc) is 2.69. The Morgan fingerprint density at radius 1 is 1.21 bits per heavy atom. The summed E-state index contributed by atoms with van der Waals surface area (Å²) in [5.74, 6) is 2.24. The summed E-state index contributed by atoms with van der Waals surface area (Å²) in [5, 5.41) is 3.67. The zero-order valence-electron chi connectivity index (χ0n) is 17.3.